The van der Waals surface area contributed by atoms with Gasteiger partial charge < -0.3 is 4.90 Å². The summed E-state index contributed by atoms with van der Waals surface area (Å²) in [4.78, 5) is 29.8. The molecule has 0 saturated carbocycles. The van der Waals surface area contributed by atoms with Crippen LogP contribution in [0.3, 0.4) is 0 Å². The lowest BCUT2D eigenvalue weighted by Gasteiger charge is -2.29. The second kappa shape index (κ2) is 13.0. The minimum atomic E-state index is -4.77. The Morgan fingerprint density at radius 2 is 1.77 bits per heavy atom. The predicted octanol–water partition coefficient (Wildman–Crippen LogP) is 8.08. The van der Waals surface area contributed by atoms with Crippen LogP contribution in [0.1, 0.15) is 58.0 Å². The van der Waals surface area contributed by atoms with E-state index in [-0.39, 0.29) is 30.2 Å². The number of rotatable bonds is 10. The Balaban J connectivity index is 1.44. The van der Waals surface area contributed by atoms with Crippen molar-refractivity contribution in [3.05, 3.63) is 91.3 Å². The molecule has 4 rings (SSSR count). The fourth-order valence-electron chi connectivity index (χ4n) is 5.08. The van der Waals surface area contributed by atoms with Gasteiger partial charge in [0.1, 0.15) is 5.82 Å². The van der Waals surface area contributed by atoms with Crippen LogP contribution >= 0.6 is 34.5 Å². The Labute approximate surface area is 244 Å². The largest absolute Gasteiger partial charge is 0.419 e. The maximum absolute atomic E-state index is 14.2. The van der Waals surface area contributed by atoms with Gasteiger partial charge in [0.2, 0.25) is 5.91 Å². The van der Waals surface area contributed by atoms with Crippen molar-refractivity contribution in [3.63, 3.8) is 0 Å². The van der Waals surface area contributed by atoms with E-state index in [9.17, 15) is 27.2 Å². The number of hydrogen-bond donors (Lipinski definition) is 0. The fourth-order valence-corrected chi connectivity index (χ4v) is 6.08. The van der Waals surface area contributed by atoms with Gasteiger partial charge in [0.15, 0.2) is 5.78 Å². The van der Waals surface area contributed by atoms with Gasteiger partial charge >= 0.3 is 6.18 Å². The van der Waals surface area contributed by atoms with Crippen LogP contribution in [-0.4, -0.2) is 47.7 Å². The van der Waals surface area contributed by atoms with Crippen molar-refractivity contribution < 1.29 is 27.2 Å². The number of thiophene rings is 1. The number of benzene rings is 2. The number of alkyl halides is 3. The van der Waals surface area contributed by atoms with Crippen LogP contribution in [0.5, 0.6) is 0 Å². The molecule has 1 aliphatic rings. The van der Waals surface area contributed by atoms with E-state index in [1.54, 1.807) is 30.1 Å². The first-order chi connectivity index (χ1) is 18.9. The topological polar surface area (TPSA) is 40.6 Å². The minimum absolute atomic E-state index is 0.0369. The van der Waals surface area contributed by atoms with Crippen molar-refractivity contribution >= 4 is 46.2 Å². The molecule has 40 heavy (non-hydrogen) atoms. The Hall–Kier alpha value is -2.46. The van der Waals surface area contributed by atoms with Crippen molar-refractivity contribution in [2.45, 2.75) is 50.4 Å². The minimum Gasteiger partial charge on any atom is -0.340 e. The Kier molecular flexibility index (Phi) is 9.93. The maximum Gasteiger partial charge on any atom is 0.419 e. The van der Waals surface area contributed by atoms with E-state index in [1.165, 1.54) is 17.4 Å². The summed E-state index contributed by atoms with van der Waals surface area (Å²) < 4.78 is 53.2. The molecule has 0 aliphatic carbocycles. The van der Waals surface area contributed by atoms with Gasteiger partial charge in [0.25, 0.3) is 0 Å². The predicted molar refractivity (Wildman–Crippen MR) is 150 cm³/mol. The summed E-state index contributed by atoms with van der Waals surface area (Å²) in [6.07, 6.45) is -2.90. The van der Waals surface area contributed by atoms with Gasteiger partial charge in [-0.3, -0.25) is 14.5 Å². The van der Waals surface area contributed by atoms with Crippen LogP contribution in [-0.2, 0) is 17.5 Å². The van der Waals surface area contributed by atoms with Gasteiger partial charge in [-0.15, -0.1) is 11.3 Å². The summed E-state index contributed by atoms with van der Waals surface area (Å²) in [6, 6.07) is 11.7. The highest BCUT2D eigenvalue weighted by molar-refractivity contribution is 7.12. The highest BCUT2D eigenvalue weighted by atomic mass is 35.5. The normalized spacial score (nSPS) is 17.6. The SMILES string of the molecule is CN(Cc1ccc(C(F)(F)F)c(F)c1)C1CN(C(=O)CCCCC(=O)c2cccs2)C[C@@H]1c1ccc(Cl)c(Cl)c1. The Morgan fingerprint density at radius 3 is 2.42 bits per heavy atom. The van der Waals surface area contributed by atoms with Crippen molar-refractivity contribution in [3.8, 4) is 0 Å². The van der Waals surface area contributed by atoms with E-state index in [0.29, 0.717) is 59.3 Å². The number of carbonyl (C=O) groups is 2. The third-order valence-corrected chi connectivity index (χ3v) is 8.84. The summed E-state index contributed by atoms with van der Waals surface area (Å²) in [5.74, 6) is -1.43. The van der Waals surface area contributed by atoms with Gasteiger partial charge in [-0.1, -0.05) is 41.4 Å². The average Bonchev–Trinajstić information content (AvgIpc) is 3.58. The molecule has 0 spiro atoms. The van der Waals surface area contributed by atoms with E-state index in [4.69, 9.17) is 23.2 Å². The summed E-state index contributed by atoms with van der Waals surface area (Å²) in [5.41, 5.74) is -0.0370. The molecule has 1 aliphatic heterocycles. The standard InChI is InChI=1S/C29H28Cl2F4N2O2S/c1-36(15-18-8-10-21(24(32)13-18)29(33,34)35)25-17-37(16-20(25)19-9-11-22(30)23(31)14-19)28(39)7-3-2-5-26(38)27-6-4-12-40-27/h4,6,8-14,20,25H,2-3,5,7,15-17H2,1H3/t20-,25?/m1/s1. The lowest BCUT2D eigenvalue weighted by molar-refractivity contribution is -0.140. The van der Waals surface area contributed by atoms with Crippen molar-refractivity contribution in [2.24, 2.45) is 0 Å². The number of likely N-dealkylation sites (N-methyl/N-ethyl adjacent to an activating group) is 1. The van der Waals surface area contributed by atoms with E-state index >= 15 is 0 Å². The van der Waals surface area contributed by atoms with E-state index in [0.717, 1.165) is 17.7 Å². The molecule has 2 aromatic carbocycles. The first-order valence-electron chi connectivity index (χ1n) is 12.8. The van der Waals surface area contributed by atoms with Crippen LogP contribution < -0.4 is 0 Å². The number of Topliss-reactive ketones (excluding diaryl/α,β-unsaturated/α-hetero) is 1. The number of amides is 1. The third kappa shape index (κ3) is 7.43. The van der Waals surface area contributed by atoms with Crippen molar-refractivity contribution in [1.82, 2.24) is 9.80 Å². The molecule has 0 N–H and O–H groups in total. The fraction of sp³-hybridized carbons (Fsp3) is 0.379. The van der Waals surface area contributed by atoms with E-state index < -0.39 is 17.6 Å². The number of carbonyl (C=O) groups excluding carboxylic acids is 2. The lowest BCUT2D eigenvalue weighted by Crippen LogP contribution is -2.38. The van der Waals surface area contributed by atoms with Gasteiger partial charge in [-0.05, 0) is 66.7 Å². The lowest BCUT2D eigenvalue weighted by atomic mass is 9.93. The molecule has 4 nitrogen and oxygen atoms in total. The van der Waals surface area contributed by atoms with Crippen LogP contribution in [0.4, 0.5) is 17.6 Å². The third-order valence-electron chi connectivity index (χ3n) is 7.19. The molecule has 214 valence electrons. The summed E-state index contributed by atoms with van der Waals surface area (Å²) in [5, 5.41) is 2.64. The highest BCUT2D eigenvalue weighted by Crippen LogP contribution is 2.36. The number of likely N-dealkylation sites (tertiary alicyclic amines) is 1. The molecule has 2 atom stereocenters. The van der Waals surface area contributed by atoms with Crippen LogP contribution in [0.25, 0.3) is 0 Å². The molecule has 1 fully saturated rings. The first-order valence-corrected chi connectivity index (χ1v) is 14.4. The molecule has 1 aromatic heterocycles. The van der Waals surface area contributed by atoms with Crippen LogP contribution in [0, 0.1) is 5.82 Å². The van der Waals surface area contributed by atoms with Crippen molar-refractivity contribution in [1.29, 1.82) is 0 Å². The number of halogens is 6. The zero-order valence-corrected chi connectivity index (χ0v) is 24.0. The number of unbranched alkanes of at least 4 members (excludes halogenated alkanes) is 1. The number of ketones is 1. The molecule has 11 heteroatoms. The average molecular weight is 616 g/mol. The van der Waals surface area contributed by atoms with Gasteiger partial charge in [0, 0.05) is 44.4 Å². The van der Waals surface area contributed by atoms with Gasteiger partial charge in [-0.25, -0.2) is 4.39 Å². The highest BCUT2D eigenvalue weighted by Gasteiger charge is 2.39. The molecule has 1 saturated heterocycles. The first kappa shape index (κ1) is 30.5. The molecular weight excluding hydrogens is 587 g/mol. The summed E-state index contributed by atoms with van der Waals surface area (Å²) >= 11 is 13.8. The summed E-state index contributed by atoms with van der Waals surface area (Å²) in [6.45, 7) is 0.989. The molecule has 1 amide bonds. The smallest absolute Gasteiger partial charge is 0.340 e. The number of nitrogens with zero attached hydrogens (tertiary/aromatic N) is 2. The zero-order valence-electron chi connectivity index (χ0n) is 21.7. The Morgan fingerprint density at radius 1 is 1.02 bits per heavy atom. The molecular formula is C29H28Cl2F4N2O2S. The van der Waals surface area contributed by atoms with Crippen LogP contribution in [0.15, 0.2) is 53.9 Å². The van der Waals surface area contributed by atoms with Crippen LogP contribution in [0.2, 0.25) is 10.0 Å². The molecule has 0 radical (unpaired) electrons. The Bertz CT molecular complexity index is 1350. The molecule has 1 unspecified atom stereocenters. The second-order valence-corrected chi connectivity index (χ2v) is 11.7. The van der Waals surface area contributed by atoms with E-state index in [1.807, 2.05) is 22.4 Å². The van der Waals surface area contributed by atoms with Gasteiger partial charge in [0.05, 0.1) is 20.5 Å². The quantitative estimate of drug-likeness (QED) is 0.132. The second-order valence-electron chi connectivity index (χ2n) is 9.98. The van der Waals surface area contributed by atoms with Gasteiger partial charge in [-0.2, -0.15) is 13.2 Å². The molecule has 2 heterocycles. The monoisotopic (exact) mass is 614 g/mol. The molecule has 3 aromatic rings. The zero-order chi connectivity index (χ0) is 29.0. The molecule has 0 bridgehead atoms. The number of hydrogen-bond acceptors (Lipinski definition) is 4. The maximum atomic E-state index is 14.2. The van der Waals surface area contributed by atoms with E-state index in [2.05, 4.69) is 0 Å². The summed E-state index contributed by atoms with van der Waals surface area (Å²) in [7, 11) is 1.80. The van der Waals surface area contributed by atoms with Crippen molar-refractivity contribution in [2.75, 3.05) is 20.1 Å².